The minimum atomic E-state index is -0.430. The van der Waals surface area contributed by atoms with E-state index < -0.39 is 5.91 Å². The maximum atomic E-state index is 12.2. The van der Waals surface area contributed by atoms with E-state index in [1.54, 1.807) is 49.4 Å². The first-order valence-corrected chi connectivity index (χ1v) is 8.37. The Kier molecular flexibility index (Phi) is 7.00. The van der Waals surface area contributed by atoms with Gasteiger partial charge in [0.2, 0.25) is 5.91 Å². The van der Waals surface area contributed by atoms with Crippen LogP contribution in [0.2, 0.25) is 10.0 Å². The highest BCUT2D eigenvalue weighted by molar-refractivity contribution is 6.35. The highest BCUT2D eigenvalue weighted by Crippen LogP contribution is 2.25. The van der Waals surface area contributed by atoms with E-state index in [0.29, 0.717) is 32.8 Å². The second-order valence-electron chi connectivity index (χ2n) is 5.34. The average Bonchev–Trinajstić information content (AvgIpc) is 2.62. The number of benzene rings is 2. The van der Waals surface area contributed by atoms with Crippen LogP contribution >= 0.6 is 23.2 Å². The fraction of sp³-hybridized carbons (Fsp3) is 0.167. The summed E-state index contributed by atoms with van der Waals surface area (Å²) in [7, 11) is 1.48. The summed E-state index contributed by atoms with van der Waals surface area (Å²) in [6.45, 7) is 1.63. The average molecular weight is 394 g/mol. The van der Waals surface area contributed by atoms with Crippen molar-refractivity contribution in [2.45, 2.75) is 13.3 Å². The number of methoxy groups -OCH3 is 1. The Balaban J connectivity index is 1.96. The normalized spacial score (nSPS) is 11.0. The van der Waals surface area contributed by atoms with Crippen molar-refractivity contribution in [1.82, 2.24) is 5.43 Å². The van der Waals surface area contributed by atoms with Crippen LogP contribution in [0, 0.1) is 0 Å². The SMILES string of the molecule is COc1ccccc1C(=O)N/N=C(/C)CC(=O)Nc1cc(Cl)ccc1Cl. The first-order valence-electron chi connectivity index (χ1n) is 7.62. The first kappa shape index (κ1) is 19.8. The van der Waals surface area contributed by atoms with Gasteiger partial charge in [0, 0.05) is 10.7 Å². The molecule has 0 fully saturated rings. The van der Waals surface area contributed by atoms with Gasteiger partial charge >= 0.3 is 0 Å². The summed E-state index contributed by atoms with van der Waals surface area (Å²) in [6.07, 6.45) is -0.0188. The maximum Gasteiger partial charge on any atom is 0.275 e. The lowest BCUT2D eigenvalue weighted by molar-refractivity contribution is -0.115. The Morgan fingerprint density at radius 3 is 2.62 bits per heavy atom. The van der Waals surface area contributed by atoms with Gasteiger partial charge in [0.25, 0.3) is 5.91 Å². The predicted molar refractivity (Wildman–Crippen MR) is 103 cm³/mol. The second kappa shape index (κ2) is 9.22. The van der Waals surface area contributed by atoms with Crippen molar-refractivity contribution in [3.05, 3.63) is 58.1 Å². The van der Waals surface area contributed by atoms with Crippen LogP contribution in [0.3, 0.4) is 0 Å². The zero-order valence-electron chi connectivity index (χ0n) is 14.2. The molecule has 0 saturated carbocycles. The Morgan fingerprint density at radius 1 is 1.15 bits per heavy atom. The molecule has 0 heterocycles. The van der Waals surface area contributed by atoms with E-state index in [9.17, 15) is 9.59 Å². The molecule has 0 aliphatic carbocycles. The molecule has 0 radical (unpaired) electrons. The van der Waals surface area contributed by atoms with E-state index in [2.05, 4.69) is 15.8 Å². The summed E-state index contributed by atoms with van der Waals surface area (Å²) in [5.41, 5.74) is 3.59. The van der Waals surface area contributed by atoms with Crippen molar-refractivity contribution in [2.75, 3.05) is 12.4 Å². The molecule has 0 spiro atoms. The second-order valence-corrected chi connectivity index (χ2v) is 6.18. The number of nitrogens with one attached hydrogen (secondary N) is 2. The number of nitrogens with zero attached hydrogens (tertiary/aromatic N) is 1. The Labute approximate surface area is 161 Å². The Morgan fingerprint density at radius 2 is 1.88 bits per heavy atom. The number of hydrazone groups is 1. The van der Waals surface area contributed by atoms with Crippen molar-refractivity contribution >= 4 is 46.4 Å². The molecule has 2 rings (SSSR count). The predicted octanol–water partition coefficient (Wildman–Crippen LogP) is 4.14. The fourth-order valence-corrected chi connectivity index (χ4v) is 2.44. The molecular weight excluding hydrogens is 377 g/mol. The van der Waals surface area contributed by atoms with Gasteiger partial charge in [-0.05, 0) is 37.3 Å². The van der Waals surface area contributed by atoms with Crippen molar-refractivity contribution in [3.63, 3.8) is 0 Å². The number of amides is 2. The van der Waals surface area contributed by atoms with Crippen LogP contribution in [0.5, 0.6) is 5.75 Å². The molecule has 0 aromatic heterocycles. The van der Waals surface area contributed by atoms with E-state index in [1.807, 2.05) is 0 Å². The molecule has 0 aliphatic heterocycles. The summed E-state index contributed by atoms with van der Waals surface area (Å²) >= 11 is 11.9. The zero-order chi connectivity index (χ0) is 19.1. The van der Waals surface area contributed by atoms with Gasteiger partial charge in [0.1, 0.15) is 5.75 Å². The number of anilines is 1. The monoisotopic (exact) mass is 393 g/mol. The molecule has 0 aliphatic rings. The number of hydrogen-bond donors (Lipinski definition) is 2. The molecule has 0 unspecified atom stereocenters. The van der Waals surface area contributed by atoms with E-state index in [-0.39, 0.29) is 12.3 Å². The lowest BCUT2D eigenvalue weighted by atomic mass is 10.2. The number of para-hydroxylation sites is 1. The smallest absolute Gasteiger partial charge is 0.275 e. The third-order valence-electron chi connectivity index (χ3n) is 3.32. The Bertz CT molecular complexity index is 853. The quantitative estimate of drug-likeness (QED) is 0.571. The van der Waals surface area contributed by atoms with Crippen molar-refractivity contribution in [3.8, 4) is 5.75 Å². The van der Waals surface area contributed by atoms with Crippen LogP contribution < -0.4 is 15.5 Å². The third-order valence-corrected chi connectivity index (χ3v) is 3.88. The zero-order valence-corrected chi connectivity index (χ0v) is 15.7. The summed E-state index contributed by atoms with van der Waals surface area (Å²) in [5.74, 6) is -0.326. The van der Waals surface area contributed by atoms with Gasteiger partial charge in [-0.25, -0.2) is 5.43 Å². The minimum absolute atomic E-state index is 0.0188. The molecule has 0 saturated heterocycles. The van der Waals surface area contributed by atoms with Gasteiger partial charge in [0.15, 0.2) is 0 Å². The topological polar surface area (TPSA) is 79.8 Å². The van der Waals surface area contributed by atoms with Crippen molar-refractivity contribution in [2.24, 2.45) is 5.10 Å². The summed E-state index contributed by atoms with van der Waals surface area (Å²) in [4.78, 5) is 24.2. The number of hydrogen-bond acceptors (Lipinski definition) is 4. The van der Waals surface area contributed by atoms with Gasteiger partial charge in [-0.1, -0.05) is 35.3 Å². The number of halogens is 2. The van der Waals surface area contributed by atoms with E-state index >= 15 is 0 Å². The van der Waals surface area contributed by atoms with Crippen molar-refractivity contribution in [1.29, 1.82) is 0 Å². The van der Waals surface area contributed by atoms with Crippen LogP contribution in [-0.2, 0) is 4.79 Å². The van der Waals surface area contributed by atoms with Crippen molar-refractivity contribution < 1.29 is 14.3 Å². The minimum Gasteiger partial charge on any atom is -0.496 e. The van der Waals surface area contributed by atoms with E-state index in [4.69, 9.17) is 27.9 Å². The van der Waals surface area contributed by atoms with Crippen LogP contribution in [0.25, 0.3) is 0 Å². The van der Waals surface area contributed by atoms with Crippen LogP contribution in [-0.4, -0.2) is 24.6 Å². The molecule has 26 heavy (non-hydrogen) atoms. The third kappa shape index (κ3) is 5.47. The van der Waals surface area contributed by atoms with Crippen LogP contribution in [0.4, 0.5) is 5.69 Å². The van der Waals surface area contributed by atoms with Gasteiger partial charge in [-0.15, -0.1) is 0 Å². The molecule has 2 aromatic carbocycles. The molecule has 6 nitrogen and oxygen atoms in total. The number of carbonyl (C=O) groups is 2. The number of rotatable bonds is 6. The van der Waals surface area contributed by atoms with Crippen LogP contribution in [0.15, 0.2) is 47.6 Å². The molecular formula is C18H17Cl2N3O3. The molecule has 8 heteroatoms. The molecule has 2 aromatic rings. The molecule has 136 valence electrons. The van der Waals surface area contributed by atoms with Gasteiger partial charge in [-0.3, -0.25) is 9.59 Å². The van der Waals surface area contributed by atoms with Gasteiger partial charge in [0.05, 0.1) is 29.8 Å². The highest BCUT2D eigenvalue weighted by Gasteiger charge is 2.12. The highest BCUT2D eigenvalue weighted by atomic mass is 35.5. The maximum absolute atomic E-state index is 12.2. The fourth-order valence-electron chi connectivity index (χ4n) is 2.10. The lowest BCUT2D eigenvalue weighted by Crippen LogP contribution is -2.22. The molecule has 2 amide bonds. The van der Waals surface area contributed by atoms with Gasteiger partial charge in [-0.2, -0.15) is 5.10 Å². The summed E-state index contributed by atoms with van der Waals surface area (Å²) < 4.78 is 5.13. The Hall–Kier alpha value is -2.57. The standard InChI is InChI=1S/C18H17Cl2N3O3/c1-11(9-17(24)21-15-10-12(19)7-8-14(15)20)22-23-18(25)13-5-3-4-6-16(13)26-2/h3-8,10H,9H2,1-2H3,(H,21,24)(H,23,25)/b22-11-. The van der Waals surface area contributed by atoms with Crippen LogP contribution in [0.1, 0.15) is 23.7 Å². The lowest BCUT2D eigenvalue weighted by Gasteiger charge is -2.08. The number of carbonyl (C=O) groups excluding carboxylic acids is 2. The van der Waals surface area contributed by atoms with Gasteiger partial charge < -0.3 is 10.1 Å². The molecule has 0 bridgehead atoms. The largest absolute Gasteiger partial charge is 0.496 e. The van der Waals surface area contributed by atoms with E-state index in [1.165, 1.54) is 7.11 Å². The van der Waals surface area contributed by atoms with E-state index in [0.717, 1.165) is 0 Å². The summed E-state index contributed by atoms with van der Waals surface area (Å²) in [6, 6.07) is 11.5. The molecule has 0 atom stereocenters. The molecule has 2 N–H and O–H groups in total. The first-order chi connectivity index (χ1) is 12.4. The number of ether oxygens (including phenoxy) is 1. The summed E-state index contributed by atoms with van der Waals surface area (Å²) in [5, 5.41) is 7.42.